The quantitative estimate of drug-likeness (QED) is 0.196. The molecule has 3 aliphatic rings. The summed E-state index contributed by atoms with van der Waals surface area (Å²) in [5.41, 5.74) is -0.508. The van der Waals surface area contributed by atoms with Crippen molar-refractivity contribution in [2.24, 2.45) is 23.7 Å². The Labute approximate surface area is 256 Å². The molecular weight excluding hydrogens is 550 g/mol. The lowest BCUT2D eigenvalue weighted by Gasteiger charge is -2.46. The van der Waals surface area contributed by atoms with Gasteiger partial charge < -0.3 is 35.2 Å². The highest BCUT2D eigenvalue weighted by Crippen LogP contribution is 2.34. The molecule has 0 spiro atoms. The molecule has 3 rings (SSSR count). The first-order valence-corrected chi connectivity index (χ1v) is 15.9. The van der Waals surface area contributed by atoms with Gasteiger partial charge in [-0.25, -0.2) is 4.79 Å². The third-order valence-electron chi connectivity index (χ3n) is 9.32. The Morgan fingerprint density at radius 3 is 2.58 bits per heavy atom. The van der Waals surface area contributed by atoms with Crippen LogP contribution in [0.1, 0.15) is 72.6 Å². The molecular formula is C33H53N3O7. The number of nitrogens with one attached hydrogen (secondary N) is 1. The number of carboxylic acid groups (broad SMARTS) is 1. The van der Waals surface area contributed by atoms with Crippen LogP contribution in [-0.4, -0.2) is 100 Å². The number of allylic oxidation sites excluding steroid dienone is 2. The van der Waals surface area contributed by atoms with Gasteiger partial charge >= 0.3 is 12.1 Å². The van der Waals surface area contributed by atoms with Crippen molar-refractivity contribution in [1.29, 1.82) is 0 Å². The van der Waals surface area contributed by atoms with E-state index in [1.807, 2.05) is 58.2 Å². The number of amides is 2. The average molecular weight is 604 g/mol. The number of likely N-dealkylation sites (N-methyl/N-ethyl adjacent to an activating group) is 1. The molecule has 242 valence electrons. The van der Waals surface area contributed by atoms with Gasteiger partial charge in [0.15, 0.2) is 0 Å². The lowest BCUT2D eigenvalue weighted by Crippen LogP contribution is -2.60. The smallest absolute Gasteiger partial charge is 0.407 e. The van der Waals surface area contributed by atoms with Crippen LogP contribution in [0.2, 0.25) is 0 Å². The molecule has 2 heterocycles. The predicted molar refractivity (Wildman–Crippen MR) is 165 cm³/mol. The standard InChI is InChI=1S/C33H53N3O7/c1-22(20-34-31(39)25-11-6-7-12-25)9-8-10-23(2)30-24(3)13-14-27(28-21-35(5)17-18-36(28)32(40)41)33(4,42)16-15-26(37)19-29(38)43-30/h8-10,13-14,22,24-28,30,37,42H,6-7,11-12,15-21H2,1-5H3,(H,34,39)(H,40,41)/b9-8+,14-13+,23-10+/t22-,24+,26+,27+,28?,30-,33+/m1/s1. The Bertz CT molecular complexity index is 1050. The number of aliphatic hydroxyl groups is 2. The number of hydrogen-bond donors (Lipinski definition) is 4. The molecule has 1 saturated heterocycles. The summed E-state index contributed by atoms with van der Waals surface area (Å²) in [4.78, 5) is 40.8. The summed E-state index contributed by atoms with van der Waals surface area (Å²) in [5, 5.41) is 35.3. The zero-order chi connectivity index (χ0) is 31.7. The molecule has 4 N–H and O–H groups in total. The number of carbonyl (C=O) groups is 3. The molecule has 10 nitrogen and oxygen atoms in total. The van der Waals surface area contributed by atoms with Crippen LogP contribution in [0.3, 0.4) is 0 Å². The first kappa shape index (κ1) is 34.8. The molecule has 10 heteroatoms. The van der Waals surface area contributed by atoms with Crippen LogP contribution in [-0.2, 0) is 14.3 Å². The van der Waals surface area contributed by atoms with Crippen LogP contribution in [0.15, 0.2) is 36.0 Å². The highest BCUT2D eigenvalue weighted by molar-refractivity contribution is 5.78. The van der Waals surface area contributed by atoms with Gasteiger partial charge in [-0.15, -0.1) is 0 Å². The van der Waals surface area contributed by atoms with E-state index in [0.29, 0.717) is 26.2 Å². The van der Waals surface area contributed by atoms with E-state index in [0.717, 1.165) is 31.3 Å². The molecule has 1 saturated carbocycles. The Kier molecular flexibility index (Phi) is 12.8. The molecule has 0 aromatic rings. The fourth-order valence-corrected chi connectivity index (χ4v) is 6.52. The summed E-state index contributed by atoms with van der Waals surface area (Å²) in [6.45, 7) is 9.50. The molecule has 2 fully saturated rings. The van der Waals surface area contributed by atoms with E-state index in [4.69, 9.17) is 4.74 Å². The summed E-state index contributed by atoms with van der Waals surface area (Å²) in [7, 11) is 1.94. The van der Waals surface area contributed by atoms with Crippen LogP contribution < -0.4 is 5.32 Å². The summed E-state index contributed by atoms with van der Waals surface area (Å²) in [5.74, 6) is -0.949. The number of ether oxygens (including phenoxy) is 1. The second kappa shape index (κ2) is 15.9. The number of cyclic esters (lactones) is 1. The first-order chi connectivity index (χ1) is 20.3. The van der Waals surface area contributed by atoms with Gasteiger partial charge in [0.05, 0.1) is 24.2 Å². The van der Waals surface area contributed by atoms with Crippen LogP contribution in [0.25, 0.3) is 0 Å². The number of esters is 1. The van der Waals surface area contributed by atoms with E-state index in [-0.39, 0.29) is 42.9 Å². The van der Waals surface area contributed by atoms with Gasteiger partial charge in [0.25, 0.3) is 0 Å². The minimum atomic E-state index is -1.32. The topological polar surface area (TPSA) is 140 Å². The molecule has 2 aliphatic heterocycles. The van der Waals surface area contributed by atoms with Crippen molar-refractivity contribution in [2.75, 3.05) is 33.2 Å². The van der Waals surface area contributed by atoms with Crippen LogP contribution in [0.4, 0.5) is 4.79 Å². The van der Waals surface area contributed by atoms with E-state index in [1.54, 1.807) is 6.92 Å². The van der Waals surface area contributed by atoms with Crippen molar-refractivity contribution in [3.05, 3.63) is 36.0 Å². The Morgan fingerprint density at radius 2 is 1.91 bits per heavy atom. The summed E-state index contributed by atoms with van der Waals surface area (Å²) in [6.07, 6.45) is 11.3. The van der Waals surface area contributed by atoms with Gasteiger partial charge in [0.1, 0.15) is 6.10 Å². The van der Waals surface area contributed by atoms with Gasteiger partial charge in [-0.3, -0.25) is 9.59 Å². The van der Waals surface area contributed by atoms with Crippen LogP contribution in [0, 0.1) is 23.7 Å². The molecule has 1 aliphatic carbocycles. The molecule has 43 heavy (non-hydrogen) atoms. The van der Waals surface area contributed by atoms with Crippen LogP contribution in [0.5, 0.6) is 0 Å². The van der Waals surface area contributed by atoms with Gasteiger partial charge in [-0.05, 0) is 58.1 Å². The highest BCUT2D eigenvalue weighted by atomic mass is 16.5. The van der Waals surface area contributed by atoms with Gasteiger partial charge in [-0.2, -0.15) is 0 Å². The summed E-state index contributed by atoms with van der Waals surface area (Å²) < 4.78 is 5.89. The summed E-state index contributed by atoms with van der Waals surface area (Å²) >= 11 is 0. The third kappa shape index (κ3) is 10.2. The number of nitrogens with zero attached hydrogens (tertiary/aromatic N) is 2. The Balaban J connectivity index is 1.80. The monoisotopic (exact) mass is 603 g/mol. The second-order valence-corrected chi connectivity index (χ2v) is 13.2. The lowest BCUT2D eigenvalue weighted by atomic mass is 9.77. The van der Waals surface area contributed by atoms with Gasteiger partial charge in [0.2, 0.25) is 5.91 Å². The number of rotatable bonds is 7. The largest absolute Gasteiger partial charge is 0.465 e. The fourth-order valence-electron chi connectivity index (χ4n) is 6.52. The second-order valence-electron chi connectivity index (χ2n) is 13.2. The van der Waals surface area contributed by atoms with Crippen molar-refractivity contribution in [2.45, 2.75) is 96.5 Å². The van der Waals surface area contributed by atoms with E-state index < -0.39 is 41.8 Å². The highest BCUT2D eigenvalue weighted by Gasteiger charge is 2.43. The minimum absolute atomic E-state index is 0.120. The lowest BCUT2D eigenvalue weighted by molar-refractivity contribution is -0.151. The van der Waals surface area contributed by atoms with Crippen molar-refractivity contribution < 1.29 is 34.4 Å². The molecule has 0 radical (unpaired) electrons. The van der Waals surface area contributed by atoms with Crippen molar-refractivity contribution in [1.82, 2.24) is 15.1 Å². The number of carbonyl (C=O) groups excluding carboxylic acids is 2. The number of hydrogen-bond acceptors (Lipinski definition) is 7. The van der Waals surface area contributed by atoms with E-state index in [9.17, 15) is 29.7 Å². The zero-order valence-electron chi connectivity index (χ0n) is 26.6. The fraction of sp³-hybridized carbons (Fsp3) is 0.727. The Morgan fingerprint density at radius 1 is 1.21 bits per heavy atom. The van der Waals surface area contributed by atoms with Crippen LogP contribution >= 0.6 is 0 Å². The maximum absolute atomic E-state index is 12.8. The first-order valence-electron chi connectivity index (χ1n) is 15.9. The zero-order valence-corrected chi connectivity index (χ0v) is 26.6. The minimum Gasteiger partial charge on any atom is -0.465 e. The molecule has 0 aromatic heterocycles. The maximum Gasteiger partial charge on any atom is 0.407 e. The SMILES string of the molecule is C/C(=C\C=C\[C@@H](C)CNC(=O)C1CCCC1)[C@H]1OC(=O)C[C@@H](O)CC[C@](C)(O)[C@H](C2CN(C)CCN2C(=O)O)/C=C/[C@@H]1C. The van der Waals surface area contributed by atoms with E-state index in [1.165, 1.54) is 4.90 Å². The summed E-state index contributed by atoms with van der Waals surface area (Å²) in [6, 6.07) is -0.481. The number of aliphatic hydroxyl groups excluding tert-OH is 1. The molecule has 0 aromatic carbocycles. The molecule has 7 atom stereocenters. The Hall–Kier alpha value is -2.69. The van der Waals surface area contributed by atoms with E-state index >= 15 is 0 Å². The predicted octanol–water partition coefficient (Wildman–Crippen LogP) is 3.74. The molecule has 0 bridgehead atoms. The third-order valence-corrected chi connectivity index (χ3v) is 9.32. The number of piperazine rings is 1. The molecule has 1 unspecified atom stereocenters. The van der Waals surface area contributed by atoms with Gasteiger partial charge in [-0.1, -0.05) is 57.1 Å². The van der Waals surface area contributed by atoms with E-state index in [2.05, 4.69) is 10.2 Å². The normalized spacial score (nSPS) is 33.8. The molecule has 2 amide bonds. The van der Waals surface area contributed by atoms with Crippen molar-refractivity contribution in [3.63, 3.8) is 0 Å². The maximum atomic E-state index is 12.8. The van der Waals surface area contributed by atoms with Crippen molar-refractivity contribution >= 4 is 18.0 Å². The average Bonchev–Trinajstić information content (AvgIpc) is 3.48. The van der Waals surface area contributed by atoms with Crippen molar-refractivity contribution in [3.8, 4) is 0 Å². The van der Waals surface area contributed by atoms with Gasteiger partial charge in [0, 0.05) is 43.9 Å².